The SMILES string of the molecule is NC(=NCCc1ccc(Br)s1)NO. The van der Waals surface area contributed by atoms with Crippen LogP contribution in [0, 0.1) is 0 Å². The van der Waals surface area contributed by atoms with E-state index < -0.39 is 0 Å². The Balaban J connectivity index is 2.35. The van der Waals surface area contributed by atoms with Crippen LogP contribution in [0.15, 0.2) is 20.9 Å². The number of hydrogen-bond acceptors (Lipinski definition) is 3. The van der Waals surface area contributed by atoms with Crippen molar-refractivity contribution in [1.29, 1.82) is 0 Å². The summed E-state index contributed by atoms with van der Waals surface area (Å²) in [5.41, 5.74) is 7.00. The topological polar surface area (TPSA) is 70.6 Å². The fraction of sp³-hybridized carbons (Fsp3) is 0.286. The first-order chi connectivity index (χ1) is 6.22. The molecule has 0 aromatic carbocycles. The van der Waals surface area contributed by atoms with E-state index in [2.05, 4.69) is 20.9 Å². The highest BCUT2D eigenvalue weighted by Gasteiger charge is 1.96. The van der Waals surface area contributed by atoms with Gasteiger partial charge in [-0.2, -0.15) is 0 Å². The molecule has 13 heavy (non-hydrogen) atoms. The van der Waals surface area contributed by atoms with Gasteiger partial charge in [0.25, 0.3) is 0 Å². The summed E-state index contributed by atoms with van der Waals surface area (Å²) in [6.07, 6.45) is 0.832. The van der Waals surface area contributed by atoms with Gasteiger partial charge in [0.1, 0.15) is 0 Å². The molecule has 72 valence electrons. The predicted molar refractivity (Wildman–Crippen MR) is 57.1 cm³/mol. The molecule has 0 spiro atoms. The third kappa shape index (κ3) is 3.75. The minimum absolute atomic E-state index is 0.0515. The van der Waals surface area contributed by atoms with Crippen molar-refractivity contribution in [1.82, 2.24) is 5.48 Å². The van der Waals surface area contributed by atoms with Crippen molar-refractivity contribution in [3.05, 3.63) is 20.8 Å². The van der Waals surface area contributed by atoms with Gasteiger partial charge in [-0.3, -0.25) is 10.2 Å². The normalized spacial score (nSPS) is 11.7. The molecule has 0 bridgehead atoms. The zero-order valence-corrected chi connectivity index (χ0v) is 9.23. The lowest BCUT2D eigenvalue weighted by atomic mass is 10.3. The molecule has 0 amide bonds. The van der Waals surface area contributed by atoms with Crippen LogP contribution in [-0.4, -0.2) is 17.7 Å². The lowest BCUT2D eigenvalue weighted by molar-refractivity contribution is 0.232. The van der Waals surface area contributed by atoms with Gasteiger partial charge in [-0.1, -0.05) is 0 Å². The molecule has 1 rings (SSSR count). The van der Waals surface area contributed by atoms with Crippen molar-refractivity contribution >= 4 is 33.2 Å². The van der Waals surface area contributed by atoms with Crippen LogP contribution in [0.3, 0.4) is 0 Å². The van der Waals surface area contributed by atoms with Crippen molar-refractivity contribution in [2.75, 3.05) is 6.54 Å². The summed E-state index contributed by atoms with van der Waals surface area (Å²) in [7, 11) is 0. The van der Waals surface area contributed by atoms with Crippen LogP contribution in [0.1, 0.15) is 4.88 Å². The number of aliphatic imine (C=N–C) groups is 1. The molecule has 0 saturated carbocycles. The van der Waals surface area contributed by atoms with Gasteiger partial charge >= 0.3 is 0 Å². The predicted octanol–water partition coefficient (Wildman–Crippen LogP) is 1.35. The van der Waals surface area contributed by atoms with Gasteiger partial charge in [0, 0.05) is 17.8 Å². The molecule has 0 atom stereocenters. The largest absolute Gasteiger partial charge is 0.368 e. The number of halogens is 1. The van der Waals surface area contributed by atoms with Gasteiger partial charge < -0.3 is 5.73 Å². The lowest BCUT2D eigenvalue weighted by Crippen LogP contribution is -2.28. The molecule has 4 N–H and O–H groups in total. The quantitative estimate of drug-likeness (QED) is 0.438. The molecule has 0 aliphatic heterocycles. The van der Waals surface area contributed by atoms with E-state index in [4.69, 9.17) is 10.9 Å². The highest BCUT2D eigenvalue weighted by Crippen LogP contribution is 2.22. The first-order valence-electron chi connectivity index (χ1n) is 3.66. The van der Waals surface area contributed by atoms with Gasteiger partial charge in [0.05, 0.1) is 3.79 Å². The second-order valence-electron chi connectivity index (χ2n) is 2.33. The van der Waals surface area contributed by atoms with Crippen molar-refractivity contribution in [2.45, 2.75) is 6.42 Å². The summed E-state index contributed by atoms with van der Waals surface area (Å²) < 4.78 is 1.11. The van der Waals surface area contributed by atoms with E-state index in [0.717, 1.165) is 10.2 Å². The number of nitrogens with two attached hydrogens (primary N) is 1. The van der Waals surface area contributed by atoms with Gasteiger partial charge in [-0.25, -0.2) is 5.48 Å². The Hall–Kier alpha value is -0.590. The summed E-state index contributed by atoms with van der Waals surface area (Å²) >= 11 is 5.04. The lowest BCUT2D eigenvalue weighted by Gasteiger charge is -1.96. The molecular formula is C7H10BrN3OS. The molecule has 0 aliphatic rings. The Bertz CT molecular complexity index is 300. The van der Waals surface area contributed by atoms with Crippen LogP contribution >= 0.6 is 27.3 Å². The number of hydrogen-bond donors (Lipinski definition) is 3. The number of rotatable bonds is 3. The van der Waals surface area contributed by atoms with E-state index in [1.54, 1.807) is 16.8 Å². The van der Waals surface area contributed by atoms with Crippen LogP contribution in [0.25, 0.3) is 0 Å². The van der Waals surface area contributed by atoms with Gasteiger partial charge in [-0.05, 0) is 28.1 Å². The van der Waals surface area contributed by atoms with E-state index in [1.807, 2.05) is 12.1 Å². The molecule has 0 saturated heterocycles. The summed E-state index contributed by atoms with van der Waals surface area (Å²) in [4.78, 5) is 5.11. The van der Waals surface area contributed by atoms with Crippen molar-refractivity contribution in [2.24, 2.45) is 10.7 Å². The van der Waals surface area contributed by atoms with Crippen molar-refractivity contribution in [3.8, 4) is 0 Å². The van der Waals surface area contributed by atoms with Crippen molar-refractivity contribution < 1.29 is 5.21 Å². The Morgan fingerprint density at radius 3 is 3.00 bits per heavy atom. The smallest absolute Gasteiger partial charge is 0.212 e. The van der Waals surface area contributed by atoms with Crippen LogP contribution < -0.4 is 11.2 Å². The molecule has 1 heterocycles. The molecule has 0 aliphatic carbocycles. The first-order valence-corrected chi connectivity index (χ1v) is 5.27. The maximum absolute atomic E-state index is 8.33. The zero-order valence-electron chi connectivity index (χ0n) is 6.83. The van der Waals surface area contributed by atoms with E-state index >= 15 is 0 Å². The number of nitrogens with zero attached hydrogens (tertiary/aromatic N) is 1. The number of hydroxylamine groups is 1. The second-order valence-corrected chi connectivity index (χ2v) is 4.88. The highest BCUT2D eigenvalue weighted by molar-refractivity contribution is 9.11. The highest BCUT2D eigenvalue weighted by atomic mass is 79.9. The number of nitrogens with one attached hydrogen (secondary N) is 1. The summed E-state index contributed by atoms with van der Waals surface area (Å²) in [6, 6.07) is 4.03. The Labute approximate surface area is 88.6 Å². The summed E-state index contributed by atoms with van der Waals surface area (Å²) in [5, 5.41) is 8.33. The maximum atomic E-state index is 8.33. The van der Waals surface area contributed by atoms with E-state index in [-0.39, 0.29) is 5.96 Å². The third-order valence-electron chi connectivity index (χ3n) is 1.38. The second kappa shape index (κ2) is 5.21. The van der Waals surface area contributed by atoms with Crippen molar-refractivity contribution in [3.63, 3.8) is 0 Å². The number of thiophene rings is 1. The van der Waals surface area contributed by atoms with Crippen LogP contribution in [0.5, 0.6) is 0 Å². The molecule has 1 aromatic heterocycles. The standard InChI is InChI=1S/C7H10BrN3OS/c8-6-2-1-5(13-6)3-4-10-7(9)11-12/h1-2,12H,3-4H2,(H3,9,10,11). The summed E-state index contributed by atoms with van der Waals surface area (Å²) in [5.74, 6) is 0.0515. The van der Waals surface area contributed by atoms with E-state index in [0.29, 0.717) is 6.54 Å². The molecule has 0 unspecified atom stereocenters. The maximum Gasteiger partial charge on any atom is 0.212 e. The van der Waals surface area contributed by atoms with Crippen LogP contribution in [0.2, 0.25) is 0 Å². The molecule has 0 fully saturated rings. The average Bonchev–Trinajstić information content (AvgIpc) is 2.51. The monoisotopic (exact) mass is 263 g/mol. The van der Waals surface area contributed by atoms with Gasteiger partial charge in [-0.15, -0.1) is 11.3 Å². The third-order valence-corrected chi connectivity index (χ3v) is 3.07. The minimum Gasteiger partial charge on any atom is -0.368 e. The molecule has 6 heteroatoms. The van der Waals surface area contributed by atoms with E-state index in [1.165, 1.54) is 4.88 Å². The molecular weight excluding hydrogens is 254 g/mol. The molecule has 1 aromatic rings. The molecule has 4 nitrogen and oxygen atoms in total. The molecule has 0 radical (unpaired) electrons. The number of guanidine groups is 1. The fourth-order valence-electron chi connectivity index (χ4n) is 0.808. The van der Waals surface area contributed by atoms with E-state index in [9.17, 15) is 0 Å². The Morgan fingerprint density at radius 2 is 2.46 bits per heavy atom. The average molecular weight is 264 g/mol. The Morgan fingerprint density at radius 1 is 1.69 bits per heavy atom. The van der Waals surface area contributed by atoms with Crippen LogP contribution in [0.4, 0.5) is 0 Å². The van der Waals surface area contributed by atoms with Gasteiger partial charge in [0.15, 0.2) is 0 Å². The minimum atomic E-state index is 0.0515. The summed E-state index contributed by atoms with van der Waals surface area (Å²) in [6.45, 7) is 0.576. The first kappa shape index (κ1) is 10.5. The van der Waals surface area contributed by atoms with Gasteiger partial charge in [0.2, 0.25) is 5.96 Å². The van der Waals surface area contributed by atoms with Crippen LogP contribution in [-0.2, 0) is 6.42 Å². The zero-order chi connectivity index (χ0) is 9.68. The Kier molecular flexibility index (Phi) is 4.20. The fourth-order valence-corrected chi connectivity index (χ4v) is 2.28.